The molecule has 2 heterocycles. The minimum Gasteiger partial charge on any atom is -0.481 e. The van der Waals surface area contributed by atoms with Crippen LogP contribution >= 0.6 is 0 Å². The van der Waals surface area contributed by atoms with Crippen molar-refractivity contribution in [1.82, 2.24) is 9.80 Å². The van der Waals surface area contributed by atoms with Crippen molar-refractivity contribution in [1.29, 1.82) is 0 Å². The maximum Gasteiger partial charge on any atom is 0.320 e. The lowest BCUT2D eigenvalue weighted by atomic mass is 10.0. The van der Waals surface area contributed by atoms with Gasteiger partial charge in [-0.25, -0.2) is 4.79 Å². The number of carbonyl (C=O) groups is 2. The monoisotopic (exact) mass is 296 g/mol. The molecule has 6 nitrogen and oxygen atoms in total. The average Bonchev–Trinajstić information content (AvgIpc) is 3.18. The number of hydrogen-bond acceptors (Lipinski definition) is 3. The highest BCUT2D eigenvalue weighted by Gasteiger charge is 2.45. The SMILES string of the molecule is CCCN(C(=O)N1CC2CCC1C2)C1COCC1C(=O)O. The molecule has 1 N–H and O–H groups in total. The number of rotatable bonds is 4. The van der Waals surface area contributed by atoms with Crippen molar-refractivity contribution in [2.45, 2.75) is 44.7 Å². The molecule has 2 saturated heterocycles. The number of carbonyl (C=O) groups excluding carboxylic acids is 1. The van der Waals surface area contributed by atoms with Crippen LogP contribution in [0.15, 0.2) is 0 Å². The van der Waals surface area contributed by atoms with Crippen LogP contribution in [0.5, 0.6) is 0 Å². The standard InChI is InChI=1S/C15H24N2O4/c1-2-5-16(13-9-21-8-12(13)14(18)19)15(20)17-7-10-3-4-11(17)6-10/h10-13H,2-9H2,1H3,(H,18,19). The van der Waals surface area contributed by atoms with E-state index in [2.05, 4.69) is 0 Å². The summed E-state index contributed by atoms with van der Waals surface area (Å²) in [4.78, 5) is 28.0. The van der Waals surface area contributed by atoms with Crippen molar-refractivity contribution in [3.05, 3.63) is 0 Å². The summed E-state index contributed by atoms with van der Waals surface area (Å²) in [6.07, 6.45) is 4.28. The number of carboxylic acids is 1. The van der Waals surface area contributed by atoms with Crippen LogP contribution in [0.4, 0.5) is 4.79 Å². The van der Waals surface area contributed by atoms with Gasteiger partial charge < -0.3 is 19.6 Å². The molecule has 1 aliphatic carbocycles. The Bertz CT molecular complexity index is 428. The van der Waals surface area contributed by atoms with Crippen LogP contribution in [0.25, 0.3) is 0 Å². The number of fused-ring (bicyclic) bond motifs is 2. The van der Waals surface area contributed by atoms with Crippen LogP contribution in [-0.4, -0.2) is 65.3 Å². The number of piperidine rings is 1. The summed E-state index contributed by atoms with van der Waals surface area (Å²) in [6, 6.07) is 0.0623. The van der Waals surface area contributed by atoms with E-state index in [1.54, 1.807) is 4.90 Å². The average molecular weight is 296 g/mol. The Labute approximate surface area is 125 Å². The van der Waals surface area contributed by atoms with E-state index in [1.807, 2.05) is 11.8 Å². The van der Waals surface area contributed by atoms with E-state index in [-0.39, 0.29) is 18.7 Å². The zero-order chi connectivity index (χ0) is 15.0. The van der Waals surface area contributed by atoms with Crippen molar-refractivity contribution >= 4 is 12.0 Å². The van der Waals surface area contributed by atoms with E-state index in [0.717, 1.165) is 25.8 Å². The molecular weight excluding hydrogens is 272 g/mol. The fourth-order valence-electron chi connectivity index (χ4n) is 4.05. The van der Waals surface area contributed by atoms with Gasteiger partial charge in [-0.15, -0.1) is 0 Å². The molecule has 21 heavy (non-hydrogen) atoms. The van der Waals surface area contributed by atoms with Crippen molar-refractivity contribution in [2.24, 2.45) is 11.8 Å². The third-order valence-electron chi connectivity index (χ3n) is 5.13. The summed E-state index contributed by atoms with van der Waals surface area (Å²) >= 11 is 0. The Morgan fingerprint density at radius 1 is 1.33 bits per heavy atom. The van der Waals surface area contributed by atoms with Crippen LogP contribution in [0.2, 0.25) is 0 Å². The zero-order valence-electron chi connectivity index (χ0n) is 12.5. The summed E-state index contributed by atoms with van der Waals surface area (Å²) in [5.74, 6) is -0.813. The van der Waals surface area contributed by atoms with Gasteiger partial charge >= 0.3 is 12.0 Å². The van der Waals surface area contributed by atoms with E-state index in [4.69, 9.17) is 4.74 Å². The molecule has 3 fully saturated rings. The highest BCUT2D eigenvalue weighted by molar-refractivity contribution is 5.78. The smallest absolute Gasteiger partial charge is 0.320 e. The number of carboxylic acid groups (broad SMARTS) is 1. The van der Waals surface area contributed by atoms with Gasteiger partial charge in [-0.05, 0) is 31.6 Å². The normalized spacial score (nSPS) is 34.4. The number of hydrogen-bond donors (Lipinski definition) is 1. The van der Waals surface area contributed by atoms with Gasteiger partial charge in [0.05, 0.1) is 19.3 Å². The van der Waals surface area contributed by atoms with E-state index < -0.39 is 11.9 Å². The summed E-state index contributed by atoms with van der Waals surface area (Å²) in [5.41, 5.74) is 0. The molecule has 2 aliphatic heterocycles. The van der Waals surface area contributed by atoms with Gasteiger partial charge in [0.2, 0.25) is 0 Å². The summed E-state index contributed by atoms with van der Waals surface area (Å²) in [5, 5.41) is 9.32. The van der Waals surface area contributed by atoms with E-state index >= 15 is 0 Å². The zero-order valence-corrected chi connectivity index (χ0v) is 12.5. The molecular formula is C15H24N2O4. The molecule has 0 radical (unpaired) electrons. The highest BCUT2D eigenvalue weighted by atomic mass is 16.5. The minimum atomic E-state index is -0.866. The molecule has 0 spiro atoms. The number of aliphatic carboxylic acids is 1. The fraction of sp³-hybridized carbons (Fsp3) is 0.867. The van der Waals surface area contributed by atoms with Gasteiger partial charge in [-0.1, -0.05) is 6.92 Å². The van der Waals surface area contributed by atoms with E-state index in [0.29, 0.717) is 25.1 Å². The molecule has 4 atom stereocenters. The lowest BCUT2D eigenvalue weighted by Gasteiger charge is -2.37. The Balaban J connectivity index is 1.74. The molecule has 0 aromatic heterocycles. The predicted octanol–water partition coefficient (Wildman–Crippen LogP) is 1.40. The molecule has 0 aromatic rings. The lowest BCUT2D eigenvalue weighted by molar-refractivity contribution is -0.142. The van der Waals surface area contributed by atoms with Gasteiger partial charge in [0.1, 0.15) is 5.92 Å². The van der Waals surface area contributed by atoms with Gasteiger partial charge in [0.15, 0.2) is 0 Å². The number of ether oxygens (including phenoxy) is 1. The Hall–Kier alpha value is -1.30. The maximum atomic E-state index is 12.9. The van der Waals surface area contributed by atoms with Crippen molar-refractivity contribution in [3.63, 3.8) is 0 Å². The second-order valence-corrected chi connectivity index (χ2v) is 6.51. The molecule has 3 aliphatic rings. The van der Waals surface area contributed by atoms with Crippen LogP contribution in [-0.2, 0) is 9.53 Å². The molecule has 2 bridgehead atoms. The van der Waals surface area contributed by atoms with E-state index in [9.17, 15) is 14.7 Å². The fourth-order valence-corrected chi connectivity index (χ4v) is 4.05. The number of nitrogens with zero attached hydrogens (tertiary/aromatic N) is 2. The first kappa shape index (κ1) is 14.6. The van der Waals surface area contributed by atoms with Gasteiger partial charge in [-0.2, -0.15) is 0 Å². The second-order valence-electron chi connectivity index (χ2n) is 6.51. The number of likely N-dealkylation sites (tertiary alicyclic amines) is 1. The summed E-state index contributed by atoms with van der Waals surface area (Å²) in [6.45, 7) is 4.01. The molecule has 118 valence electrons. The minimum absolute atomic E-state index is 0.0193. The molecule has 4 unspecified atom stereocenters. The molecule has 1 saturated carbocycles. The Morgan fingerprint density at radius 2 is 2.14 bits per heavy atom. The molecule has 6 heteroatoms. The lowest BCUT2D eigenvalue weighted by Crippen LogP contribution is -2.53. The second kappa shape index (κ2) is 5.83. The third kappa shape index (κ3) is 2.61. The molecule has 3 rings (SSSR count). The highest BCUT2D eigenvalue weighted by Crippen LogP contribution is 2.38. The first-order valence-electron chi connectivity index (χ1n) is 7.99. The molecule has 0 aromatic carbocycles. The summed E-state index contributed by atoms with van der Waals surface area (Å²) in [7, 11) is 0. The predicted molar refractivity (Wildman–Crippen MR) is 76.0 cm³/mol. The van der Waals surface area contributed by atoms with Crippen LogP contribution < -0.4 is 0 Å². The quantitative estimate of drug-likeness (QED) is 0.851. The van der Waals surface area contributed by atoms with Crippen molar-refractivity contribution in [3.8, 4) is 0 Å². The van der Waals surface area contributed by atoms with Gasteiger partial charge in [0.25, 0.3) is 0 Å². The topological polar surface area (TPSA) is 70.1 Å². The Morgan fingerprint density at radius 3 is 2.71 bits per heavy atom. The Kier molecular flexibility index (Phi) is 4.06. The van der Waals surface area contributed by atoms with Crippen molar-refractivity contribution in [2.75, 3.05) is 26.3 Å². The third-order valence-corrected chi connectivity index (χ3v) is 5.13. The number of urea groups is 1. The maximum absolute atomic E-state index is 12.9. The summed E-state index contributed by atoms with van der Waals surface area (Å²) < 4.78 is 5.34. The largest absolute Gasteiger partial charge is 0.481 e. The first-order valence-corrected chi connectivity index (χ1v) is 7.99. The van der Waals surface area contributed by atoms with Crippen LogP contribution in [0.3, 0.4) is 0 Å². The van der Waals surface area contributed by atoms with Crippen molar-refractivity contribution < 1.29 is 19.4 Å². The molecule has 2 amide bonds. The van der Waals surface area contributed by atoms with E-state index in [1.165, 1.54) is 6.42 Å². The van der Waals surface area contributed by atoms with Gasteiger partial charge in [0, 0.05) is 19.1 Å². The van der Waals surface area contributed by atoms with Crippen LogP contribution in [0.1, 0.15) is 32.6 Å². The van der Waals surface area contributed by atoms with Crippen LogP contribution in [0, 0.1) is 11.8 Å². The number of amides is 2. The first-order chi connectivity index (χ1) is 10.1. The van der Waals surface area contributed by atoms with Gasteiger partial charge in [-0.3, -0.25) is 4.79 Å².